The Hall–Kier alpha value is -3.80. The number of halogens is 5. The zero-order valence-electron chi connectivity index (χ0n) is 23.0. The molecule has 0 radical (unpaired) electrons. The molecule has 3 fully saturated rings. The molecule has 0 spiro atoms. The third kappa shape index (κ3) is 4.75. The van der Waals surface area contributed by atoms with Crippen LogP contribution in [0.3, 0.4) is 0 Å². The van der Waals surface area contributed by atoms with Gasteiger partial charge in [0.05, 0.1) is 22.9 Å². The number of hydrogen-bond acceptors (Lipinski definition) is 5. The number of fused-ring (bicyclic) bond motifs is 1. The minimum Gasteiger partial charge on any atom is -0.381 e. The molecule has 1 aromatic carbocycles. The van der Waals surface area contributed by atoms with Gasteiger partial charge in [-0.25, -0.2) is 13.2 Å². The molecule has 4 atom stereocenters. The number of piperidine rings is 1. The zero-order chi connectivity index (χ0) is 30.0. The molecule has 2 saturated carbocycles. The number of nitrogens with one attached hydrogen (secondary N) is 2. The second kappa shape index (κ2) is 10.2. The zero-order valence-corrected chi connectivity index (χ0v) is 23.0. The van der Waals surface area contributed by atoms with E-state index in [4.69, 9.17) is 0 Å². The van der Waals surface area contributed by atoms with E-state index in [1.54, 1.807) is 0 Å². The van der Waals surface area contributed by atoms with Crippen LogP contribution in [-0.2, 0) is 11.5 Å². The summed E-state index contributed by atoms with van der Waals surface area (Å²) < 4.78 is 74.8. The largest absolute Gasteiger partial charge is 0.381 e. The first kappa shape index (κ1) is 28.3. The number of nitrogens with zero attached hydrogens (tertiary/aromatic N) is 3. The van der Waals surface area contributed by atoms with Gasteiger partial charge in [0, 0.05) is 54.9 Å². The SMILES string of the molecule is C[C@H](NC(=O)c1cn(C2(C(F)F)CC2)c(=O)cc1N[C@H]1[C@@H]2CN(C)C[C@@H]21)c1cccc(C(F)(F)c2ccncc2)c1F. The van der Waals surface area contributed by atoms with Crippen LogP contribution in [0.1, 0.15) is 52.9 Å². The fourth-order valence-corrected chi connectivity index (χ4v) is 6.20. The Morgan fingerprint density at radius 3 is 2.40 bits per heavy atom. The van der Waals surface area contributed by atoms with Crippen molar-refractivity contribution >= 4 is 11.6 Å². The highest BCUT2D eigenvalue weighted by atomic mass is 19.3. The van der Waals surface area contributed by atoms with Crippen molar-refractivity contribution < 1.29 is 26.7 Å². The average molecular weight is 588 g/mol. The second-order valence-electron chi connectivity index (χ2n) is 11.6. The van der Waals surface area contributed by atoms with E-state index in [0.717, 1.165) is 48.1 Å². The number of pyridine rings is 2. The van der Waals surface area contributed by atoms with Crippen molar-refractivity contribution in [1.82, 2.24) is 19.8 Å². The van der Waals surface area contributed by atoms with Crippen LogP contribution in [0.4, 0.5) is 27.6 Å². The molecular formula is C30H30F5N5O2. The van der Waals surface area contributed by atoms with Crippen LogP contribution in [0.5, 0.6) is 0 Å². The summed E-state index contributed by atoms with van der Waals surface area (Å²) in [5, 5.41) is 5.89. The lowest BCUT2D eigenvalue weighted by Gasteiger charge is -2.23. The quantitative estimate of drug-likeness (QED) is 0.354. The maximum atomic E-state index is 15.6. The minimum absolute atomic E-state index is 0.0231. The van der Waals surface area contributed by atoms with Crippen molar-refractivity contribution in [2.24, 2.45) is 11.8 Å². The van der Waals surface area contributed by atoms with Gasteiger partial charge < -0.3 is 20.1 Å². The number of amides is 1. The molecule has 3 heterocycles. The predicted molar refractivity (Wildman–Crippen MR) is 145 cm³/mol. The number of aromatic nitrogens is 2. The molecule has 1 aliphatic heterocycles. The maximum absolute atomic E-state index is 15.6. The Morgan fingerprint density at radius 2 is 1.79 bits per heavy atom. The highest BCUT2D eigenvalue weighted by Gasteiger charge is 2.56. The van der Waals surface area contributed by atoms with Crippen molar-refractivity contribution in [3.8, 4) is 0 Å². The lowest BCUT2D eigenvalue weighted by atomic mass is 9.96. The highest BCUT2D eigenvalue weighted by Crippen LogP contribution is 2.49. The molecular weight excluding hydrogens is 557 g/mol. The lowest BCUT2D eigenvalue weighted by Crippen LogP contribution is -2.37. The van der Waals surface area contributed by atoms with Gasteiger partial charge in [0.2, 0.25) is 0 Å². The molecule has 1 amide bonds. The molecule has 3 aromatic rings. The van der Waals surface area contributed by atoms with Gasteiger partial charge in [-0.15, -0.1) is 0 Å². The van der Waals surface area contributed by atoms with E-state index in [1.807, 2.05) is 7.05 Å². The summed E-state index contributed by atoms with van der Waals surface area (Å²) >= 11 is 0. The molecule has 3 aliphatic rings. The summed E-state index contributed by atoms with van der Waals surface area (Å²) in [5.74, 6) is -4.93. The van der Waals surface area contributed by atoms with Crippen LogP contribution < -0.4 is 16.2 Å². The Kier molecular flexibility index (Phi) is 6.87. The Morgan fingerprint density at radius 1 is 1.12 bits per heavy atom. The number of hydrogen-bond donors (Lipinski definition) is 2. The predicted octanol–water partition coefficient (Wildman–Crippen LogP) is 4.74. The van der Waals surface area contributed by atoms with Crippen molar-refractivity contribution in [2.45, 2.75) is 49.7 Å². The minimum atomic E-state index is -3.66. The summed E-state index contributed by atoms with van der Waals surface area (Å²) in [6, 6.07) is 5.86. The molecule has 0 bridgehead atoms. The number of carbonyl (C=O) groups excluding carboxylic acids is 1. The third-order valence-corrected chi connectivity index (χ3v) is 8.87. The number of carbonyl (C=O) groups is 1. The van der Waals surface area contributed by atoms with E-state index in [0.29, 0.717) is 11.8 Å². The second-order valence-corrected chi connectivity index (χ2v) is 11.6. The fraction of sp³-hybridized carbons (Fsp3) is 0.433. The first-order chi connectivity index (χ1) is 19.9. The highest BCUT2D eigenvalue weighted by molar-refractivity contribution is 5.99. The van der Waals surface area contributed by atoms with Crippen molar-refractivity contribution in [3.05, 3.63) is 93.4 Å². The summed E-state index contributed by atoms with van der Waals surface area (Å²) in [6.45, 7) is 3.15. The van der Waals surface area contributed by atoms with Gasteiger partial charge in [0.1, 0.15) is 11.4 Å². The van der Waals surface area contributed by atoms with Gasteiger partial charge in [-0.05, 0) is 56.8 Å². The van der Waals surface area contributed by atoms with Gasteiger partial charge in [-0.1, -0.05) is 12.1 Å². The summed E-state index contributed by atoms with van der Waals surface area (Å²) in [5.41, 5.74) is -3.65. The third-order valence-electron chi connectivity index (χ3n) is 8.87. The van der Waals surface area contributed by atoms with Crippen LogP contribution >= 0.6 is 0 Å². The number of alkyl halides is 4. The van der Waals surface area contributed by atoms with Crippen LogP contribution in [0, 0.1) is 17.7 Å². The van der Waals surface area contributed by atoms with Crippen LogP contribution in [0.25, 0.3) is 0 Å². The van der Waals surface area contributed by atoms with E-state index < -0.39 is 52.3 Å². The number of rotatable bonds is 9. The first-order valence-corrected chi connectivity index (χ1v) is 13.8. The molecule has 6 rings (SSSR count). The average Bonchev–Trinajstić information content (AvgIpc) is 3.84. The molecule has 1 saturated heterocycles. The summed E-state index contributed by atoms with van der Waals surface area (Å²) in [7, 11) is 2.01. The van der Waals surface area contributed by atoms with Gasteiger partial charge in [0.25, 0.3) is 17.9 Å². The van der Waals surface area contributed by atoms with E-state index in [9.17, 15) is 18.4 Å². The van der Waals surface area contributed by atoms with Gasteiger partial charge in [0.15, 0.2) is 0 Å². The summed E-state index contributed by atoms with van der Waals surface area (Å²) in [6.07, 6.45) is 0.897. The Balaban J connectivity index is 1.30. The normalized spacial score (nSPS) is 23.4. The molecule has 222 valence electrons. The molecule has 2 aliphatic carbocycles. The Bertz CT molecular complexity index is 1560. The maximum Gasteiger partial charge on any atom is 0.301 e. The van der Waals surface area contributed by atoms with Crippen molar-refractivity contribution in [1.29, 1.82) is 0 Å². The van der Waals surface area contributed by atoms with Gasteiger partial charge >= 0.3 is 5.92 Å². The topological polar surface area (TPSA) is 79.3 Å². The molecule has 42 heavy (non-hydrogen) atoms. The van der Waals surface area contributed by atoms with E-state index in [1.165, 1.54) is 31.5 Å². The Labute approximate surface area is 238 Å². The number of benzene rings is 1. The van der Waals surface area contributed by atoms with Crippen molar-refractivity contribution in [3.63, 3.8) is 0 Å². The molecule has 2 aromatic heterocycles. The van der Waals surface area contributed by atoms with Gasteiger partial charge in [-0.2, -0.15) is 8.78 Å². The monoisotopic (exact) mass is 587 g/mol. The fourth-order valence-electron chi connectivity index (χ4n) is 6.20. The molecule has 2 N–H and O–H groups in total. The number of anilines is 1. The van der Waals surface area contributed by atoms with Crippen LogP contribution in [-0.4, -0.2) is 53.0 Å². The van der Waals surface area contributed by atoms with Gasteiger partial charge in [-0.3, -0.25) is 14.6 Å². The number of likely N-dealkylation sites (tertiary alicyclic amines) is 1. The molecule has 0 unspecified atom stereocenters. The molecule has 12 heteroatoms. The smallest absolute Gasteiger partial charge is 0.301 e. The summed E-state index contributed by atoms with van der Waals surface area (Å²) in [4.78, 5) is 32.5. The van der Waals surface area contributed by atoms with Crippen LogP contribution in [0.15, 0.2) is 59.8 Å². The van der Waals surface area contributed by atoms with Crippen molar-refractivity contribution in [2.75, 3.05) is 25.5 Å². The van der Waals surface area contributed by atoms with Crippen LogP contribution in [0.2, 0.25) is 0 Å². The first-order valence-electron chi connectivity index (χ1n) is 13.8. The molecule has 7 nitrogen and oxygen atoms in total. The standard InChI is InChI=1S/C30H30F5N5O2/c1-16(18-4-3-5-22(25(18)31)30(34,35)17-6-10-36-11-7-17)37-27(42)21-15-40(29(8-9-29)28(32)33)24(41)12-23(21)38-26-19-13-39(2)14-20(19)26/h3-7,10-12,15-16,19-20,26,28,38H,8-9,13-14H2,1-2H3,(H,37,42)/t16-,19-,20+,26+/m0/s1. The van der Waals surface area contributed by atoms with E-state index in [2.05, 4.69) is 20.5 Å². The van der Waals surface area contributed by atoms with E-state index >= 15 is 13.2 Å². The van der Waals surface area contributed by atoms with E-state index in [-0.39, 0.29) is 35.7 Å². The lowest BCUT2D eigenvalue weighted by molar-refractivity contribution is 0.0385.